The lowest BCUT2D eigenvalue weighted by Crippen LogP contribution is -2.21. The quantitative estimate of drug-likeness (QED) is 0.789. The molecule has 0 bridgehead atoms. The van der Waals surface area contributed by atoms with Crippen molar-refractivity contribution in [1.82, 2.24) is 0 Å². The van der Waals surface area contributed by atoms with E-state index in [4.69, 9.17) is 0 Å². The van der Waals surface area contributed by atoms with Crippen LogP contribution in [0.5, 0.6) is 0 Å². The third-order valence-electron chi connectivity index (χ3n) is 3.57. The van der Waals surface area contributed by atoms with Gasteiger partial charge in [0.25, 0.3) is 0 Å². The first-order valence-corrected chi connectivity index (χ1v) is 6.28. The molecule has 18 heavy (non-hydrogen) atoms. The maximum Gasteiger partial charge on any atom is 0.131 e. The summed E-state index contributed by atoms with van der Waals surface area (Å²) in [6, 6.07) is 3.70. The Kier molecular flexibility index (Phi) is 3.81. The first kappa shape index (κ1) is 13.2. The SMILES string of the molecule is CC1=CC(C)CC(C(O)c2c(F)cccc2F)C1. The van der Waals surface area contributed by atoms with Crippen molar-refractivity contribution in [2.75, 3.05) is 0 Å². The molecule has 3 unspecified atom stereocenters. The Bertz CT molecular complexity index is 447. The monoisotopic (exact) mass is 252 g/mol. The third-order valence-corrected chi connectivity index (χ3v) is 3.57. The molecule has 0 saturated heterocycles. The van der Waals surface area contributed by atoms with Crippen LogP contribution in [0.25, 0.3) is 0 Å². The Morgan fingerprint density at radius 3 is 2.44 bits per heavy atom. The lowest BCUT2D eigenvalue weighted by molar-refractivity contribution is 0.0862. The molecule has 1 nitrogen and oxygen atoms in total. The van der Waals surface area contributed by atoms with Gasteiger partial charge in [-0.05, 0) is 43.7 Å². The first-order chi connectivity index (χ1) is 8.49. The van der Waals surface area contributed by atoms with E-state index < -0.39 is 17.7 Å². The van der Waals surface area contributed by atoms with E-state index in [2.05, 4.69) is 13.0 Å². The summed E-state index contributed by atoms with van der Waals surface area (Å²) in [4.78, 5) is 0. The highest BCUT2D eigenvalue weighted by Gasteiger charge is 2.29. The van der Waals surface area contributed by atoms with Crippen molar-refractivity contribution < 1.29 is 13.9 Å². The van der Waals surface area contributed by atoms with Gasteiger partial charge in [-0.3, -0.25) is 0 Å². The molecule has 98 valence electrons. The van der Waals surface area contributed by atoms with E-state index in [1.165, 1.54) is 23.8 Å². The fourth-order valence-electron chi connectivity index (χ4n) is 2.87. The van der Waals surface area contributed by atoms with Crippen LogP contribution in [0, 0.1) is 23.5 Å². The van der Waals surface area contributed by atoms with Gasteiger partial charge in [0.15, 0.2) is 0 Å². The summed E-state index contributed by atoms with van der Waals surface area (Å²) >= 11 is 0. The Labute approximate surface area is 106 Å². The lowest BCUT2D eigenvalue weighted by Gasteiger charge is -2.29. The number of hydrogen-bond donors (Lipinski definition) is 1. The van der Waals surface area contributed by atoms with Crippen LogP contribution in [0.4, 0.5) is 8.78 Å². The minimum Gasteiger partial charge on any atom is -0.388 e. The summed E-state index contributed by atoms with van der Waals surface area (Å²) in [6.07, 6.45) is 2.53. The van der Waals surface area contributed by atoms with Gasteiger partial charge in [0.05, 0.1) is 11.7 Å². The predicted octanol–water partition coefficient (Wildman–Crippen LogP) is 3.99. The van der Waals surface area contributed by atoms with Crippen LogP contribution in [-0.2, 0) is 0 Å². The van der Waals surface area contributed by atoms with Crippen molar-refractivity contribution in [1.29, 1.82) is 0 Å². The standard InChI is InChI=1S/C15H18F2O/c1-9-6-10(2)8-11(7-9)15(18)14-12(16)4-3-5-13(14)17/h3-6,9,11,15,18H,7-8H2,1-2H3. The normalized spacial score (nSPS) is 25.7. The molecule has 0 saturated carbocycles. The summed E-state index contributed by atoms with van der Waals surface area (Å²) in [6.45, 7) is 4.05. The summed E-state index contributed by atoms with van der Waals surface area (Å²) in [7, 11) is 0. The van der Waals surface area contributed by atoms with Crippen LogP contribution in [0.3, 0.4) is 0 Å². The van der Waals surface area contributed by atoms with Crippen molar-refractivity contribution >= 4 is 0 Å². The van der Waals surface area contributed by atoms with Crippen molar-refractivity contribution in [2.45, 2.75) is 32.8 Å². The van der Waals surface area contributed by atoms with Gasteiger partial charge in [-0.1, -0.05) is 24.6 Å². The maximum atomic E-state index is 13.6. The molecule has 1 N–H and O–H groups in total. The molecule has 1 aliphatic carbocycles. The van der Waals surface area contributed by atoms with E-state index in [1.807, 2.05) is 6.92 Å². The molecule has 1 aromatic rings. The summed E-state index contributed by atoms with van der Waals surface area (Å²) in [5.41, 5.74) is 0.985. The van der Waals surface area contributed by atoms with Crippen molar-refractivity contribution in [3.05, 3.63) is 47.0 Å². The van der Waals surface area contributed by atoms with E-state index in [1.54, 1.807) is 0 Å². The van der Waals surface area contributed by atoms with Gasteiger partial charge in [0.2, 0.25) is 0 Å². The molecule has 3 heteroatoms. The van der Waals surface area contributed by atoms with Gasteiger partial charge in [-0.25, -0.2) is 8.78 Å². The zero-order valence-corrected chi connectivity index (χ0v) is 10.7. The van der Waals surface area contributed by atoms with E-state index in [9.17, 15) is 13.9 Å². The molecule has 3 atom stereocenters. The molecular formula is C15H18F2O. The number of halogens is 2. The minimum atomic E-state index is -1.07. The highest BCUT2D eigenvalue weighted by Crippen LogP contribution is 2.38. The van der Waals surface area contributed by atoms with Gasteiger partial charge in [-0.15, -0.1) is 0 Å². The van der Waals surface area contributed by atoms with Crippen LogP contribution in [-0.4, -0.2) is 5.11 Å². The third kappa shape index (κ3) is 2.61. The molecular weight excluding hydrogens is 234 g/mol. The fourth-order valence-corrected chi connectivity index (χ4v) is 2.87. The molecule has 1 aliphatic rings. The van der Waals surface area contributed by atoms with Crippen LogP contribution >= 0.6 is 0 Å². The van der Waals surface area contributed by atoms with Crippen molar-refractivity contribution in [2.24, 2.45) is 11.8 Å². The second-order valence-electron chi connectivity index (χ2n) is 5.27. The number of allylic oxidation sites excluding steroid dienone is 2. The zero-order chi connectivity index (χ0) is 13.3. The van der Waals surface area contributed by atoms with E-state index in [0.29, 0.717) is 12.3 Å². The van der Waals surface area contributed by atoms with Crippen molar-refractivity contribution in [3.63, 3.8) is 0 Å². The number of aliphatic hydroxyl groups is 1. The largest absolute Gasteiger partial charge is 0.388 e. The van der Waals surface area contributed by atoms with E-state index in [-0.39, 0.29) is 11.5 Å². The summed E-state index contributed by atoms with van der Waals surface area (Å²) < 4.78 is 27.3. The van der Waals surface area contributed by atoms with Crippen LogP contribution in [0.15, 0.2) is 29.8 Å². The van der Waals surface area contributed by atoms with Crippen LogP contribution in [0.2, 0.25) is 0 Å². The molecule has 0 aromatic heterocycles. The second-order valence-corrected chi connectivity index (χ2v) is 5.27. The fraction of sp³-hybridized carbons (Fsp3) is 0.467. The molecule has 0 aliphatic heterocycles. The van der Waals surface area contributed by atoms with Gasteiger partial charge < -0.3 is 5.11 Å². The number of rotatable bonds is 2. The van der Waals surface area contributed by atoms with Gasteiger partial charge in [-0.2, -0.15) is 0 Å². The van der Waals surface area contributed by atoms with Crippen LogP contribution < -0.4 is 0 Å². The first-order valence-electron chi connectivity index (χ1n) is 6.28. The molecule has 2 rings (SSSR count). The highest BCUT2D eigenvalue weighted by molar-refractivity contribution is 5.23. The van der Waals surface area contributed by atoms with Gasteiger partial charge in [0.1, 0.15) is 11.6 Å². The maximum absolute atomic E-state index is 13.6. The molecule has 0 amide bonds. The Morgan fingerprint density at radius 2 is 1.89 bits per heavy atom. The number of aliphatic hydroxyl groups excluding tert-OH is 1. The molecule has 0 heterocycles. The Balaban J connectivity index is 2.27. The Morgan fingerprint density at radius 1 is 1.28 bits per heavy atom. The number of benzene rings is 1. The Hall–Kier alpha value is -1.22. The second kappa shape index (κ2) is 5.19. The number of hydrogen-bond acceptors (Lipinski definition) is 1. The average Bonchev–Trinajstić information content (AvgIpc) is 2.27. The lowest BCUT2D eigenvalue weighted by atomic mass is 9.78. The van der Waals surface area contributed by atoms with Gasteiger partial charge >= 0.3 is 0 Å². The van der Waals surface area contributed by atoms with Crippen molar-refractivity contribution in [3.8, 4) is 0 Å². The molecule has 0 radical (unpaired) electrons. The zero-order valence-electron chi connectivity index (χ0n) is 10.7. The summed E-state index contributed by atoms with van der Waals surface area (Å²) in [5, 5.41) is 10.2. The smallest absolute Gasteiger partial charge is 0.131 e. The summed E-state index contributed by atoms with van der Waals surface area (Å²) in [5.74, 6) is -1.10. The van der Waals surface area contributed by atoms with Gasteiger partial charge in [0, 0.05) is 0 Å². The predicted molar refractivity (Wildman–Crippen MR) is 67.0 cm³/mol. The molecule has 0 spiro atoms. The van der Waals surface area contributed by atoms with E-state index in [0.717, 1.165) is 6.42 Å². The van der Waals surface area contributed by atoms with E-state index >= 15 is 0 Å². The minimum absolute atomic E-state index is 0.114. The molecule has 1 aromatic carbocycles. The van der Waals surface area contributed by atoms with Crippen LogP contribution in [0.1, 0.15) is 38.4 Å². The topological polar surface area (TPSA) is 20.2 Å². The molecule has 0 fully saturated rings. The highest BCUT2D eigenvalue weighted by atomic mass is 19.1. The average molecular weight is 252 g/mol.